The molecule has 1 heterocycles. The summed E-state index contributed by atoms with van der Waals surface area (Å²) in [6, 6.07) is 11.5. The molecule has 0 aliphatic carbocycles. The number of nitrogens with zero attached hydrogens (tertiary/aromatic N) is 3. The molecule has 30 heavy (non-hydrogen) atoms. The lowest BCUT2D eigenvalue weighted by molar-refractivity contribution is 0.447. The van der Waals surface area contributed by atoms with Gasteiger partial charge < -0.3 is 0 Å². The monoisotopic (exact) mass is 409 g/mol. The highest BCUT2D eigenvalue weighted by molar-refractivity contribution is 5.79. The molecule has 0 saturated carbocycles. The first-order valence-electron chi connectivity index (χ1n) is 9.05. The molecule has 3 aromatic rings. The quantitative estimate of drug-likeness (QED) is 0.425. The van der Waals surface area contributed by atoms with Crippen molar-refractivity contribution in [2.75, 3.05) is 0 Å². The van der Waals surface area contributed by atoms with Gasteiger partial charge in [-0.2, -0.15) is 5.10 Å². The summed E-state index contributed by atoms with van der Waals surface area (Å²) in [5.74, 6) is -4.20. The van der Waals surface area contributed by atoms with Crippen LogP contribution in [0.2, 0.25) is 0 Å². The van der Waals surface area contributed by atoms with Gasteiger partial charge in [0.15, 0.2) is 17.5 Å². The van der Waals surface area contributed by atoms with E-state index in [1.54, 1.807) is 18.4 Å². The van der Waals surface area contributed by atoms with E-state index in [0.29, 0.717) is 5.70 Å². The highest BCUT2D eigenvalue weighted by atomic mass is 19.2. The van der Waals surface area contributed by atoms with Gasteiger partial charge >= 0.3 is 0 Å². The predicted octanol–water partition coefficient (Wildman–Crippen LogP) is 4.99. The molecule has 1 aromatic heterocycles. The molecule has 152 valence electrons. The maximum absolute atomic E-state index is 13.5. The van der Waals surface area contributed by atoms with Crippen molar-refractivity contribution in [1.82, 2.24) is 9.78 Å². The standard InChI is InChI=1S/C23H18F3N3O/c1-3-4-10-27-15(2)17-7-5-6-16(11-17)14-29-22(30)9-8-21(28-29)18-12-19(24)23(26)20(25)13-18/h3-13H,2,14H2,1H3/b4-3-,27-10-. The summed E-state index contributed by atoms with van der Waals surface area (Å²) < 4.78 is 41.5. The molecule has 0 spiro atoms. The van der Waals surface area contributed by atoms with Gasteiger partial charge in [-0.1, -0.05) is 30.9 Å². The van der Waals surface area contributed by atoms with Crippen LogP contribution in [0.15, 0.2) is 77.0 Å². The second-order valence-corrected chi connectivity index (χ2v) is 6.42. The lowest BCUT2D eigenvalue weighted by atomic mass is 10.1. The second-order valence-electron chi connectivity index (χ2n) is 6.42. The molecule has 2 aromatic carbocycles. The van der Waals surface area contributed by atoms with Gasteiger partial charge in [-0.05, 0) is 48.4 Å². The number of hydrogen-bond acceptors (Lipinski definition) is 3. The van der Waals surface area contributed by atoms with Crippen LogP contribution in [0.3, 0.4) is 0 Å². The van der Waals surface area contributed by atoms with Crippen molar-refractivity contribution >= 4 is 11.9 Å². The van der Waals surface area contributed by atoms with Gasteiger partial charge in [0.25, 0.3) is 5.56 Å². The fraction of sp³-hybridized carbons (Fsp3) is 0.0870. The lowest BCUT2D eigenvalue weighted by Crippen LogP contribution is -2.23. The highest BCUT2D eigenvalue weighted by Crippen LogP contribution is 2.22. The van der Waals surface area contributed by atoms with E-state index in [0.717, 1.165) is 23.3 Å². The van der Waals surface area contributed by atoms with E-state index in [-0.39, 0.29) is 17.8 Å². The van der Waals surface area contributed by atoms with Crippen molar-refractivity contribution in [3.63, 3.8) is 0 Å². The van der Waals surface area contributed by atoms with Gasteiger partial charge in [-0.3, -0.25) is 9.79 Å². The van der Waals surface area contributed by atoms with E-state index in [2.05, 4.69) is 16.7 Å². The van der Waals surface area contributed by atoms with Crippen LogP contribution in [0.1, 0.15) is 18.1 Å². The minimum Gasteiger partial charge on any atom is -0.268 e. The van der Waals surface area contributed by atoms with Crippen molar-refractivity contribution in [3.05, 3.63) is 106 Å². The summed E-state index contributed by atoms with van der Waals surface area (Å²) >= 11 is 0. The maximum atomic E-state index is 13.5. The molecule has 0 N–H and O–H groups in total. The molecular formula is C23H18F3N3O. The smallest absolute Gasteiger partial charge is 0.267 e. The Morgan fingerprint density at radius 2 is 1.87 bits per heavy atom. The molecule has 0 aliphatic rings. The Bertz CT molecular complexity index is 1190. The van der Waals surface area contributed by atoms with E-state index < -0.39 is 23.0 Å². The van der Waals surface area contributed by atoms with Crippen LogP contribution < -0.4 is 5.56 Å². The zero-order chi connectivity index (χ0) is 21.7. The maximum Gasteiger partial charge on any atom is 0.267 e. The van der Waals surface area contributed by atoms with E-state index >= 15 is 0 Å². The third-order valence-electron chi connectivity index (χ3n) is 4.25. The minimum atomic E-state index is -1.55. The van der Waals surface area contributed by atoms with Crippen molar-refractivity contribution in [1.29, 1.82) is 0 Å². The molecule has 0 amide bonds. The number of hydrogen-bond donors (Lipinski definition) is 0. The number of benzene rings is 2. The summed E-state index contributed by atoms with van der Waals surface area (Å²) in [5, 5.41) is 4.17. The van der Waals surface area contributed by atoms with E-state index in [1.807, 2.05) is 31.2 Å². The van der Waals surface area contributed by atoms with E-state index in [4.69, 9.17) is 0 Å². The molecule has 4 nitrogen and oxygen atoms in total. The van der Waals surface area contributed by atoms with Crippen LogP contribution in [-0.4, -0.2) is 16.0 Å². The summed E-state index contributed by atoms with van der Waals surface area (Å²) in [5.41, 5.74) is 1.88. The largest absolute Gasteiger partial charge is 0.268 e. The Hall–Kier alpha value is -3.74. The zero-order valence-electron chi connectivity index (χ0n) is 16.1. The Balaban J connectivity index is 1.91. The molecule has 7 heteroatoms. The second kappa shape index (κ2) is 9.17. The zero-order valence-corrected chi connectivity index (χ0v) is 16.1. The number of aromatic nitrogens is 2. The van der Waals surface area contributed by atoms with Gasteiger partial charge in [0, 0.05) is 17.8 Å². The van der Waals surface area contributed by atoms with E-state index in [9.17, 15) is 18.0 Å². The van der Waals surface area contributed by atoms with E-state index in [1.165, 1.54) is 16.8 Å². The fourth-order valence-corrected chi connectivity index (χ4v) is 2.74. The summed E-state index contributed by atoms with van der Waals surface area (Å²) in [6.07, 6.45) is 5.26. The molecule has 0 radical (unpaired) electrons. The van der Waals surface area contributed by atoms with Crippen molar-refractivity contribution in [2.24, 2.45) is 4.99 Å². The van der Waals surface area contributed by atoms with Crippen molar-refractivity contribution in [2.45, 2.75) is 13.5 Å². The van der Waals surface area contributed by atoms with Crippen LogP contribution >= 0.6 is 0 Å². The Kier molecular flexibility index (Phi) is 6.41. The molecule has 0 aliphatic heterocycles. The average molecular weight is 409 g/mol. The summed E-state index contributed by atoms with van der Waals surface area (Å²) in [7, 11) is 0. The molecule has 3 rings (SSSR count). The SMILES string of the molecule is C=C(/N=C\C=C/C)c1cccc(Cn2nc(-c3cc(F)c(F)c(F)c3)ccc2=O)c1. The molecular weight excluding hydrogens is 391 g/mol. The number of allylic oxidation sites excluding steroid dienone is 2. The van der Waals surface area contributed by atoms with Gasteiger partial charge in [-0.15, -0.1) is 0 Å². The Labute approximate surface area is 171 Å². The predicted molar refractivity (Wildman–Crippen MR) is 112 cm³/mol. The Morgan fingerprint density at radius 3 is 2.57 bits per heavy atom. The van der Waals surface area contributed by atoms with Crippen molar-refractivity contribution < 1.29 is 13.2 Å². The van der Waals surface area contributed by atoms with Crippen LogP contribution in [0.5, 0.6) is 0 Å². The van der Waals surface area contributed by atoms with Crippen LogP contribution in [0.4, 0.5) is 13.2 Å². The lowest BCUT2D eigenvalue weighted by Gasteiger charge is -2.09. The number of aliphatic imine (C=N–C) groups is 1. The highest BCUT2D eigenvalue weighted by Gasteiger charge is 2.13. The van der Waals surface area contributed by atoms with Crippen LogP contribution in [0.25, 0.3) is 17.0 Å². The topological polar surface area (TPSA) is 47.2 Å². The Morgan fingerprint density at radius 1 is 1.13 bits per heavy atom. The fourth-order valence-electron chi connectivity index (χ4n) is 2.74. The molecule has 0 unspecified atom stereocenters. The van der Waals surface area contributed by atoms with Gasteiger partial charge in [-0.25, -0.2) is 17.9 Å². The first-order chi connectivity index (χ1) is 14.4. The average Bonchev–Trinajstić information content (AvgIpc) is 2.73. The first-order valence-corrected chi connectivity index (χ1v) is 9.05. The summed E-state index contributed by atoms with van der Waals surface area (Å²) in [6.45, 7) is 5.92. The number of rotatable bonds is 6. The van der Waals surface area contributed by atoms with Crippen LogP contribution in [0, 0.1) is 17.5 Å². The van der Waals surface area contributed by atoms with Gasteiger partial charge in [0.2, 0.25) is 0 Å². The third-order valence-corrected chi connectivity index (χ3v) is 4.25. The van der Waals surface area contributed by atoms with Crippen LogP contribution in [-0.2, 0) is 6.54 Å². The third kappa shape index (κ3) is 4.81. The molecule has 0 saturated heterocycles. The normalized spacial score (nSPS) is 11.5. The summed E-state index contributed by atoms with van der Waals surface area (Å²) in [4.78, 5) is 16.5. The molecule has 0 atom stereocenters. The van der Waals surface area contributed by atoms with Gasteiger partial charge in [0.1, 0.15) is 0 Å². The molecule has 0 fully saturated rings. The van der Waals surface area contributed by atoms with Gasteiger partial charge in [0.05, 0.1) is 17.9 Å². The number of halogens is 3. The first kappa shape index (κ1) is 21.0. The minimum absolute atomic E-state index is 0.0283. The molecule has 0 bridgehead atoms. The van der Waals surface area contributed by atoms with Crippen molar-refractivity contribution in [3.8, 4) is 11.3 Å².